The Kier molecular flexibility index (Phi) is 7.00. The number of benzene rings is 3. The molecule has 1 heterocycles. The lowest BCUT2D eigenvalue weighted by atomic mass is 9.97. The Balaban J connectivity index is 1.38. The van der Waals surface area contributed by atoms with E-state index in [1.807, 2.05) is 48.5 Å². The number of hydrogen-bond acceptors (Lipinski definition) is 4. The maximum Gasteiger partial charge on any atom is 0.573 e. The Bertz CT molecular complexity index is 1290. The zero-order valence-electron chi connectivity index (χ0n) is 19.3. The number of carbonyl (C=O) groups is 1. The summed E-state index contributed by atoms with van der Waals surface area (Å²) in [6.07, 6.45) is -2.20. The number of nitrogens with zero attached hydrogens (tertiary/aromatic N) is 3. The number of ketones is 1. The zero-order chi connectivity index (χ0) is 25.0. The third-order valence-electron chi connectivity index (χ3n) is 5.55. The fraction of sp³-hybridized carbons (Fsp3) is 0.222. The number of hydrogen-bond donors (Lipinski definition) is 0. The van der Waals surface area contributed by atoms with Crippen molar-refractivity contribution in [3.63, 3.8) is 0 Å². The van der Waals surface area contributed by atoms with Gasteiger partial charge in [0.05, 0.1) is 5.69 Å². The molecule has 0 unspecified atom stereocenters. The summed E-state index contributed by atoms with van der Waals surface area (Å²) in [5.41, 5.74) is 4.26. The topological polar surface area (TPSA) is 57.0 Å². The van der Waals surface area contributed by atoms with E-state index in [0.29, 0.717) is 30.3 Å². The first-order chi connectivity index (χ1) is 16.7. The van der Waals surface area contributed by atoms with Gasteiger partial charge >= 0.3 is 6.36 Å². The van der Waals surface area contributed by atoms with Crippen LogP contribution in [0.2, 0.25) is 0 Å². The first kappa shape index (κ1) is 24.2. The van der Waals surface area contributed by atoms with Crippen LogP contribution in [0.5, 0.6) is 5.75 Å². The van der Waals surface area contributed by atoms with Crippen LogP contribution in [0.1, 0.15) is 47.7 Å². The quantitative estimate of drug-likeness (QED) is 0.262. The van der Waals surface area contributed by atoms with Crippen LogP contribution < -0.4 is 4.74 Å². The number of carbonyl (C=O) groups excluding carboxylic acids is 1. The molecule has 0 radical (unpaired) electrons. The van der Waals surface area contributed by atoms with Crippen molar-refractivity contribution < 1.29 is 22.7 Å². The lowest BCUT2D eigenvalue weighted by molar-refractivity contribution is -0.274. The molecule has 4 rings (SSSR count). The predicted molar refractivity (Wildman–Crippen MR) is 127 cm³/mol. The molecule has 1 aromatic heterocycles. The second kappa shape index (κ2) is 10.1. The molecular weight excluding hydrogens is 455 g/mol. The second-order valence-electron chi connectivity index (χ2n) is 8.45. The van der Waals surface area contributed by atoms with Crippen molar-refractivity contribution in [3.05, 3.63) is 95.8 Å². The summed E-state index contributed by atoms with van der Waals surface area (Å²) >= 11 is 0. The molecule has 0 saturated heterocycles. The monoisotopic (exact) mass is 479 g/mol. The zero-order valence-corrected chi connectivity index (χ0v) is 19.3. The molecule has 8 heteroatoms. The third kappa shape index (κ3) is 6.35. The second-order valence-corrected chi connectivity index (χ2v) is 8.45. The molecule has 0 aliphatic carbocycles. The highest BCUT2D eigenvalue weighted by atomic mass is 19.4. The summed E-state index contributed by atoms with van der Waals surface area (Å²) < 4.78 is 42.3. The molecule has 5 nitrogen and oxygen atoms in total. The lowest BCUT2D eigenvalue weighted by Gasteiger charge is -2.09. The van der Waals surface area contributed by atoms with Crippen molar-refractivity contribution in [2.45, 2.75) is 39.0 Å². The van der Waals surface area contributed by atoms with Crippen LogP contribution in [0.3, 0.4) is 0 Å². The summed E-state index contributed by atoms with van der Waals surface area (Å²) in [5.74, 6) is 0.663. The average Bonchev–Trinajstić information content (AvgIpc) is 3.33. The van der Waals surface area contributed by atoms with Gasteiger partial charge in [-0.2, -0.15) is 0 Å². The van der Waals surface area contributed by atoms with E-state index in [9.17, 15) is 18.0 Å². The van der Waals surface area contributed by atoms with Crippen molar-refractivity contribution in [1.29, 1.82) is 0 Å². The summed E-state index contributed by atoms with van der Waals surface area (Å²) in [5, 5.41) is 4.41. The Morgan fingerprint density at radius 3 is 2.37 bits per heavy atom. The number of Topliss-reactive ketones (excluding diaryl/α,β-unsaturated/α-hetero) is 1. The molecule has 0 aliphatic heterocycles. The summed E-state index contributed by atoms with van der Waals surface area (Å²) in [4.78, 5) is 16.9. The van der Waals surface area contributed by atoms with Crippen LogP contribution in [-0.4, -0.2) is 26.9 Å². The minimum absolute atomic E-state index is 0.114. The SMILES string of the molecule is CC(C)c1cccc(C(=O)CCc2ccc(-c3ncn(-c4ccc(OC(F)(F)F)cc4)n3)cc2)c1. The Morgan fingerprint density at radius 1 is 1.00 bits per heavy atom. The van der Waals surface area contributed by atoms with Crippen molar-refractivity contribution >= 4 is 5.78 Å². The molecule has 0 N–H and O–H groups in total. The molecule has 180 valence electrons. The van der Waals surface area contributed by atoms with E-state index in [-0.39, 0.29) is 11.5 Å². The van der Waals surface area contributed by atoms with Crippen molar-refractivity contribution in [3.8, 4) is 22.8 Å². The molecule has 0 fully saturated rings. The van der Waals surface area contributed by atoms with Crippen LogP contribution in [0.15, 0.2) is 79.1 Å². The Hall–Kier alpha value is -3.94. The number of aromatic nitrogens is 3. The molecule has 0 amide bonds. The van der Waals surface area contributed by atoms with Gasteiger partial charge in [0.2, 0.25) is 0 Å². The summed E-state index contributed by atoms with van der Waals surface area (Å²) in [7, 11) is 0. The van der Waals surface area contributed by atoms with Gasteiger partial charge in [0.1, 0.15) is 12.1 Å². The van der Waals surface area contributed by atoms with Gasteiger partial charge in [-0.1, -0.05) is 56.3 Å². The van der Waals surface area contributed by atoms with E-state index >= 15 is 0 Å². The van der Waals surface area contributed by atoms with Gasteiger partial charge in [-0.25, -0.2) is 9.67 Å². The van der Waals surface area contributed by atoms with Gasteiger partial charge in [0.15, 0.2) is 11.6 Å². The Morgan fingerprint density at radius 2 is 1.71 bits per heavy atom. The van der Waals surface area contributed by atoms with Gasteiger partial charge in [-0.3, -0.25) is 4.79 Å². The highest BCUT2D eigenvalue weighted by Gasteiger charge is 2.31. The van der Waals surface area contributed by atoms with Gasteiger partial charge in [0, 0.05) is 17.5 Å². The molecular formula is C27H24F3N3O2. The smallest absolute Gasteiger partial charge is 0.406 e. The Labute approximate surface area is 201 Å². The molecule has 0 aliphatic rings. The standard InChI is InChI=1S/C27H24F3N3O2/c1-18(2)21-4-3-5-22(16-21)25(34)15-8-19-6-9-20(10-7-19)26-31-17-33(32-26)23-11-13-24(14-12-23)35-27(28,29)30/h3-7,9-14,16-18H,8,15H2,1-2H3. The van der Waals surface area contributed by atoms with Crippen molar-refractivity contribution in [1.82, 2.24) is 14.8 Å². The van der Waals surface area contributed by atoms with Crippen LogP contribution in [-0.2, 0) is 6.42 Å². The van der Waals surface area contributed by atoms with Gasteiger partial charge in [-0.15, -0.1) is 18.3 Å². The van der Waals surface area contributed by atoms with Gasteiger partial charge < -0.3 is 4.74 Å². The number of aryl methyl sites for hydroxylation is 1. The average molecular weight is 480 g/mol. The summed E-state index contributed by atoms with van der Waals surface area (Å²) in [6, 6.07) is 20.8. The fourth-order valence-corrected chi connectivity index (χ4v) is 3.61. The maximum atomic E-state index is 12.6. The minimum atomic E-state index is -4.74. The third-order valence-corrected chi connectivity index (χ3v) is 5.55. The first-order valence-corrected chi connectivity index (χ1v) is 11.2. The normalized spacial score (nSPS) is 11.6. The van der Waals surface area contributed by atoms with E-state index in [4.69, 9.17) is 0 Å². The molecule has 0 saturated carbocycles. The van der Waals surface area contributed by atoms with Crippen molar-refractivity contribution in [2.24, 2.45) is 0 Å². The number of ether oxygens (including phenoxy) is 1. The summed E-state index contributed by atoms with van der Waals surface area (Å²) in [6.45, 7) is 4.21. The number of rotatable bonds is 8. The van der Waals surface area contributed by atoms with Crippen LogP contribution in [0, 0.1) is 0 Å². The molecule has 3 aromatic carbocycles. The van der Waals surface area contributed by atoms with Gasteiger partial charge in [0.25, 0.3) is 0 Å². The van der Waals surface area contributed by atoms with Crippen LogP contribution in [0.25, 0.3) is 17.1 Å². The fourth-order valence-electron chi connectivity index (χ4n) is 3.61. The van der Waals surface area contributed by atoms with Crippen LogP contribution >= 0.6 is 0 Å². The highest BCUT2D eigenvalue weighted by Crippen LogP contribution is 2.24. The highest BCUT2D eigenvalue weighted by molar-refractivity contribution is 5.96. The maximum absolute atomic E-state index is 12.6. The molecule has 0 spiro atoms. The minimum Gasteiger partial charge on any atom is -0.406 e. The molecule has 35 heavy (non-hydrogen) atoms. The molecule has 0 bridgehead atoms. The predicted octanol–water partition coefficient (Wildman–Crippen LogP) is 6.77. The van der Waals surface area contributed by atoms with E-state index < -0.39 is 6.36 Å². The van der Waals surface area contributed by atoms with Crippen molar-refractivity contribution in [2.75, 3.05) is 0 Å². The lowest BCUT2D eigenvalue weighted by Crippen LogP contribution is -2.17. The van der Waals surface area contributed by atoms with E-state index in [1.54, 1.807) is 0 Å². The first-order valence-electron chi connectivity index (χ1n) is 11.2. The molecule has 0 atom stereocenters. The van der Waals surface area contributed by atoms with Crippen LogP contribution in [0.4, 0.5) is 13.2 Å². The van der Waals surface area contributed by atoms with E-state index in [2.05, 4.69) is 28.7 Å². The van der Waals surface area contributed by atoms with E-state index in [1.165, 1.54) is 35.3 Å². The molecule has 4 aromatic rings. The number of alkyl halides is 3. The van der Waals surface area contributed by atoms with Gasteiger partial charge in [-0.05, 0) is 53.8 Å². The largest absolute Gasteiger partial charge is 0.573 e. The number of halogens is 3. The van der Waals surface area contributed by atoms with E-state index in [0.717, 1.165) is 22.3 Å².